The molecular formula is C18H28O4. The maximum Gasteiger partial charge on any atom is 0.303 e. The third-order valence-electron chi connectivity index (χ3n) is 7.41. The van der Waals surface area contributed by atoms with Gasteiger partial charge in [0, 0.05) is 18.3 Å². The summed E-state index contributed by atoms with van der Waals surface area (Å²) in [6.45, 7) is 4.22. The molecule has 3 saturated carbocycles. The second-order valence-electron chi connectivity index (χ2n) is 8.29. The van der Waals surface area contributed by atoms with Gasteiger partial charge in [-0.2, -0.15) is 0 Å². The van der Waals surface area contributed by atoms with E-state index in [4.69, 9.17) is 5.11 Å². The van der Waals surface area contributed by atoms with Crippen LogP contribution in [-0.2, 0) is 9.59 Å². The molecule has 0 amide bonds. The van der Waals surface area contributed by atoms with Gasteiger partial charge in [0.05, 0.1) is 6.10 Å². The highest BCUT2D eigenvalue weighted by Gasteiger charge is 2.59. The molecule has 0 aromatic rings. The van der Waals surface area contributed by atoms with Crippen molar-refractivity contribution in [2.45, 2.75) is 71.3 Å². The van der Waals surface area contributed by atoms with Gasteiger partial charge in [-0.25, -0.2) is 0 Å². The van der Waals surface area contributed by atoms with Crippen molar-refractivity contribution in [2.24, 2.45) is 28.6 Å². The number of fused-ring (bicyclic) bond motifs is 3. The maximum atomic E-state index is 12.6. The number of aliphatic hydroxyl groups is 1. The zero-order valence-corrected chi connectivity index (χ0v) is 13.7. The predicted octanol–water partition coefficient (Wildman–Crippen LogP) is 3.02. The third-order valence-corrected chi connectivity index (χ3v) is 7.41. The molecule has 4 heteroatoms. The van der Waals surface area contributed by atoms with Gasteiger partial charge in [-0.05, 0) is 61.7 Å². The van der Waals surface area contributed by atoms with Gasteiger partial charge in [-0.15, -0.1) is 0 Å². The summed E-state index contributed by atoms with van der Waals surface area (Å²) in [4.78, 5) is 23.6. The molecule has 5 unspecified atom stereocenters. The van der Waals surface area contributed by atoms with Crippen molar-refractivity contribution in [2.75, 3.05) is 0 Å². The Labute approximate surface area is 132 Å². The van der Waals surface area contributed by atoms with Crippen molar-refractivity contribution in [1.82, 2.24) is 0 Å². The van der Waals surface area contributed by atoms with Crippen LogP contribution < -0.4 is 0 Å². The number of hydrogen-bond donors (Lipinski definition) is 2. The molecule has 2 N–H and O–H groups in total. The minimum absolute atomic E-state index is 0.00919. The number of hydrogen-bond acceptors (Lipinski definition) is 3. The summed E-state index contributed by atoms with van der Waals surface area (Å²) >= 11 is 0. The van der Waals surface area contributed by atoms with E-state index in [-0.39, 0.29) is 23.7 Å². The van der Waals surface area contributed by atoms with Crippen LogP contribution in [0.1, 0.15) is 65.2 Å². The molecule has 0 heterocycles. The number of Topliss-reactive ketones (excluding diaryl/α,β-unsaturated/α-hetero) is 1. The zero-order chi connectivity index (χ0) is 16.1. The van der Waals surface area contributed by atoms with Gasteiger partial charge < -0.3 is 10.2 Å². The van der Waals surface area contributed by atoms with Gasteiger partial charge in [0.1, 0.15) is 5.78 Å². The number of aliphatic carboxylic acids is 1. The van der Waals surface area contributed by atoms with Crippen LogP contribution in [0, 0.1) is 28.6 Å². The van der Waals surface area contributed by atoms with E-state index in [0.29, 0.717) is 30.6 Å². The predicted molar refractivity (Wildman–Crippen MR) is 82.3 cm³/mol. The molecule has 0 aliphatic heterocycles. The van der Waals surface area contributed by atoms with Crippen LogP contribution in [0.15, 0.2) is 0 Å². The normalized spacial score (nSPS) is 47.9. The summed E-state index contributed by atoms with van der Waals surface area (Å²) in [5, 5.41) is 19.4. The molecule has 0 spiro atoms. The summed E-state index contributed by atoms with van der Waals surface area (Å²) < 4.78 is 0. The first kappa shape index (κ1) is 16.0. The van der Waals surface area contributed by atoms with E-state index >= 15 is 0 Å². The Morgan fingerprint density at radius 2 is 1.91 bits per heavy atom. The van der Waals surface area contributed by atoms with E-state index in [2.05, 4.69) is 6.92 Å². The zero-order valence-electron chi connectivity index (χ0n) is 13.7. The van der Waals surface area contributed by atoms with Crippen molar-refractivity contribution >= 4 is 11.8 Å². The van der Waals surface area contributed by atoms with Crippen LogP contribution in [0.3, 0.4) is 0 Å². The summed E-state index contributed by atoms with van der Waals surface area (Å²) in [5.41, 5.74) is -0.467. The van der Waals surface area contributed by atoms with Crippen LogP contribution >= 0.6 is 0 Å². The highest BCUT2D eigenvalue weighted by Crippen LogP contribution is 2.62. The standard InChI is InChI=1S/C18H28O4/c1-17-9-7-13-11(12(17)4-6-15(17)20)3-5-14(19)18(13,2)10-8-16(21)22/h11-13,15,20H,3-10H2,1-2H3,(H,21,22)/t11?,12?,13?,15?,17?,18-/m1/s1. The smallest absolute Gasteiger partial charge is 0.303 e. The molecule has 0 radical (unpaired) electrons. The highest BCUT2D eigenvalue weighted by atomic mass is 16.4. The average Bonchev–Trinajstić information content (AvgIpc) is 2.77. The fraction of sp³-hybridized carbons (Fsp3) is 0.889. The van der Waals surface area contributed by atoms with Gasteiger partial charge in [0.15, 0.2) is 0 Å². The van der Waals surface area contributed by atoms with Crippen LogP contribution in [0.25, 0.3) is 0 Å². The Balaban J connectivity index is 1.86. The Morgan fingerprint density at radius 1 is 1.18 bits per heavy atom. The van der Waals surface area contributed by atoms with Crippen molar-refractivity contribution in [1.29, 1.82) is 0 Å². The maximum absolute atomic E-state index is 12.6. The molecule has 0 saturated heterocycles. The molecule has 3 aliphatic rings. The third kappa shape index (κ3) is 2.22. The number of carboxylic acid groups (broad SMARTS) is 1. The lowest BCUT2D eigenvalue weighted by Gasteiger charge is -2.55. The Bertz CT molecular complexity index is 487. The number of carbonyl (C=O) groups is 2. The lowest BCUT2D eigenvalue weighted by Crippen LogP contribution is -2.53. The number of ketones is 1. The number of carbonyl (C=O) groups excluding carboxylic acids is 1. The summed E-state index contributed by atoms with van der Waals surface area (Å²) in [7, 11) is 0. The van der Waals surface area contributed by atoms with E-state index in [1.54, 1.807) is 0 Å². The van der Waals surface area contributed by atoms with E-state index < -0.39 is 11.4 Å². The Morgan fingerprint density at radius 3 is 2.59 bits per heavy atom. The average molecular weight is 308 g/mol. The first-order valence-corrected chi connectivity index (χ1v) is 8.72. The number of rotatable bonds is 3. The van der Waals surface area contributed by atoms with Crippen LogP contribution in [-0.4, -0.2) is 28.1 Å². The Kier molecular flexibility index (Phi) is 3.87. The van der Waals surface area contributed by atoms with Gasteiger partial charge >= 0.3 is 5.97 Å². The SMILES string of the molecule is CC12CCC3C(CCC(=O)[C@]3(C)CCC(=O)O)C1CCC2O. The van der Waals surface area contributed by atoms with Crippen molar-refractivity contribution in [3.05, 3.63) is 0 Å². The molecule has 22 heavy (non-hydrogen) atoms. The Hall–Kier alpha value is -0.900. The fourth-order valence-electron chi connectivity index (χ4n) is 5.94. The lowest BCUT2D eigenvalue weighted by atomic mass is 9.49. The monoisotopic (exact) mass is 308 g/mol. The summed E-state index contributed by atoms with van der Waals surface area (Å²) in [6, 6.07) is 0. The summed E-state index contributed by atoms with van der Waals surface area (Å²) in [5.74, 6) is 0.729. The van der Waals surface area contributed by atoms with Gasteiger partial charge in [0.2, 0.25) is 0 Å². The minimum atomic E-state index is -0.812. The largest absolute Gasteiger partial charge is 0.481 e. The van der Waals surface area contributed by atoms with Gasteiger partial charge in [-0.3, -0.25) is 9.59 Å². The topological polar surface area (TPSA) is 74.6 Å². The first-order valence-electron chi connectivity index (χ1n) is 8.72. The molecule has 0 aromatic heterocycles. The van der Waals surface area contributed by atoms with E-state index in [1.165, 1.54) is 0 Å². The first-order chi connectivity index (χ1) is 10.3. The molecular weight excluding hydrogens is 280 g/mol. The molecule has 3 aliphatic carbocycles. The fourth-order valence-corrected chi connectivity index (χ4v) is 5.94. The van der Waals surface area contributed by atoms with Crippen LogP contribution in [0.5, 0.6) is 0 Å². The summed E-state index contributed by atoms with van der Waals surface area (Å²) in [6.07, 6.45) is 5.71. The van der Waals surface area contributed by atoms with E-state index in [9.17, 15) is 14.7 Å². The van der Waals surface area contributed by atoms with Gasteiger partial charge in [-0.1, -0.05) is 13.8 Å². The second-order valence-corrected chi connectivity index (χ2v) is 8.29. The molecule has 4 nitrogen and oxygen atoms in total. The van der Waals surface area contributed by atoms with Crippen molar-refractivity contribution < 1.29 is 19.8 Å². The minimum Gasteiger partial charge on any atom is -0.481 e. The lowest BCUT2D eigenvalue weighted by molar-refractivity contribution is -0.149. The molecule has 0 aromatic carbocycles. The van der Waals surface area contributed by atoms with Crippen molar-refractivity contribution in [3.63, 3.8) is 0 Å². The number of aliphatic hydroxyl groups excluding tert-OH is 1. The van der Waals surface area contributed by atoms with Gasteiger partial charge in [0.25, 0.3) is 0 Å². The van der Waals surface area contributed by atoms with E-state index in [1.807, 2.05) is 6.92 Å². The molecule has 3 fully saturated rings. The number of carboxylic acids is 1. The molecule has 6 atom stereocenters. The quantitative estimate of drug-likeness (QED) is 0.840. The van der Waals surface area contributed by atoms with E-state index in [0.717, 1.165) is 32.1 Å². The molecule has 0 bridgehead atoms. The molecule has 3 rings (SSSR count). The van der Waals surface area contributed by atoms with Crippen LogP contribution in [0.2, 0.25) is 0 Å². The highest BCUT2D eigenvalue weighted by molar-refractivity contribution is 5.86. The van der Waals surface area contributed by atoms with Crippen LogP contribution in [0.4, 0.5) is 0 Å². The second kappa shape index (κ2) is 5.33. The van der Waals surface area contributed by atoms with Crippen molar-refractivity contribution in [3.8, 4) is 0 Å². The molecule has 124 valence electrons.